The molecule has 1 N–H and O–H groups in total. The predicted octanol–water partition coefficient (Wildman–Crippen LogP) is 2.98. The van der Waals surface area contributed by atoms with Crippen LogP contribution in [-0.4, -0.2) is 30.3 Å². The van der Waals surface area contributed by atoms with Crippen LogP contribution in [0.25, 0.3) is 0 Å². The van der Waals surface area contributed by atoms with E-state index in [0.717, 1.165) is 24.8 Å². The molecular weight excluding hydrogens is 276 g/mol. The maximum atomic E-state index is 12.6. The van der Waals surface area contributed by atoms with Gasteiger partial charge in [-0.25, -0.2) is 0 Å². The summed E-state index contributed by atoms with van der Waals surface area (Å²) in [5.41, 5.74) is 0.00736. The molecule has 1 rings (SSSR count). The van der Waals surface area contributed by atoms with Crippen molar-refractivity contribution in [3.05, 3.63) is 35.9 Å². The zero-order chi connectivity index (χ0) is 16.6. The molecule has 4 heteroatoms. The molecule has 1 aromatic carbocycles. The van der Waals surface area contributed by atoms with E-state index in [0.29, 0.717) is 13.1 Å². The van der Waals surface area contributed by atoms with E-state index in [1.165, 1.54) is 0 Å². The SMILES string of the molecule is CCCCCNC(=O)C(C)(C)C(=O)N(C)Cc1ccccc1. The molecule has 0 radical (unpaired) electrons. The van der Waals surface area contributed by atoms with E-state index >= 15 is 0 Å². The molecule has 0 aliphatic heterocycles. The first kappa shape index (κ1) is 18.2. The van der Waals surface area contributed by atoms with Crippen molar-refractivity contribution in [3.63, 3.8) is 0 Å². The molecule has 0 heterocycles. The van der Waals surface area contributed by atoms with Crippen molar-refractivity contribution in [2.45, 2.75) is 46.6 Å². The summed E-state index contributed by atoms with van der Waals surface area (Å²) in [6.45, 7) is 6.63. The second-order valence-corrected chi connectivity index (χ2v) is 6.23. The summed E-state index contributed by atoms with van der Waals surface area (Å²) in [6.07, 6.45) is 3.15. The van der Waals surface area contributed by atoms with Crippen LogP contribution in [0.1, 0.15) is 45.6 Å². The Balaban J connectivity index is 2.58. The molecule has 0 unspecified atom stereocenters. The van der Waals surface area contributed by atoms with Crippen LogP contribution < -0.4 is 5.32 Å². The van der Waals surface area contributed by atoms with Crippen molar-refractivity contribution in [1.82, 2.24) is 10.2 Å². The fraction of sp³-hybridized carbons (Fsp3) is 0.556. The smallest absolute Gasteiger partial charge is 0.237 e. The molecule has 0 atom stereocenters. The molecule has 0 aliphatic rings. The highest BCUT2D eigenvalue weighted by molar-refractivity contribution is 6.04. The molecule has 0 bridgehead atoms. The maximum absolute atomic E-state index is 12.6. The van der Waals surface area contributed by atoms with E-state index in [9.17, 15) is 9.59 Å². The van der Waals surface area contributed by atoms with E-state index in [-0.39, 0.29) is 11.8 Å². The lowest BCUT2D eigenvalue weighted by molar-refractivity contribution is -0.148. The van der Waals surface area contributed by atoms with Crippen LogP contribution in [-0.2, 0) is 16.1 Å². The Hall–Kier alpha value is -1.84. The predicted molar refractivity (Wildman–Crippen MR) is 89.2 cm³/mol. The molecule has 0 saturated carbocycles. The molecule has 122 valence electrons. The van der Waals surface area contributed by atoms with Gasteiger partial charge in [0.15, 0.2) is 0 Å². The number of nitrogens with zero attached hydrogens (tertiary/aromatic N) is 1. The Morgan fingerprint density at radius 3 is 2.36 bits per heavy atom. The second-order valence-electron chi connectivity index (χ2n) is 6.23. The van der Waals surface area contributed by atoms with Crippen molar-refractivity contribution < 1.29 is 9.59 Å². The summed E-state index contributed by atoms with van der Waals surface area (Å²) >= 11 is 0. The van der Waals surface area contributed by atoms with Gasteiger partial charge in [0.05, 0.1) is 0 Å². The summed E-state index contributed by atoms with van der Waals surface area (Å²) in [7, 11) is 1.74. The fourth-order valence-electron chi connectivity index (χ4n) is 2.30. The monoisotopic (exact) mass is 304 g/mol. The number of benzene rings is 1. The van der Waals surface area contributed by atoms with Crippen molar-refractivity contribution in [1.29, 1.82) is 0 Å². The van der Waals surface area contributed by atoms with Crippen molar-refractivity contribution in [2.24, 2.45) is 5.41 Å². The number of carbonyl (C=O) groups excluding carboxylic acids is 2. The summed E-state index contributed by atoms with van der Waals surface area (Å²) in [6, 6.07) is 9.78. The summed E-state index contributed by atoms with van der Waals surface area (Å²) in [5, 5.41) is 2.87. The van der Waals surface area contributed by atoms with E-state index in [1.807, 2.05) is 30.3 Å². The van der Waals surface area contributed by atoms with Gasteiger partial charge >= 0.3 is 0 Å². The lowest BCUT2D eigenvalue weighted by Gasteiger charge is -2.28. The molecule has 0 fully saturated rings. The molecule has 0 spiro atoms. The second kappa shape index (κ2) is 8.57. The van der Waals surface area contributed by atoms with Crippen LogP contribution in [0.15, 0.2) is 30.3 Å². The summed E-state index contributed by atoms with van der Waals surface area (Å²) < 4.78 is 0. The van der Waals surface area contributed by atoms with Gasteiger partial charge in [-0.1, -0.05) is 50.1 Å². The third kappa shape index (κ3) is 5.17. The number of amides is 2. The molecule has 0 saturated heterocycles. The van der Waals surface area contributed by atoms with E-state index in [2.05, 4.69) is 12.2 Å². The van der Waals surface area contributed by atoms with Crippen molar-refractivity contribution in [2.75, 3.05) is 13.6 Å². The fourth-order valence-corrected chi connectivity index (χ4v) is 2.30. The molecule has 1 aromatic rings. The Morgan fingerprint density at radius 2 is 1.77 bits per heavy atom. The van der Waals surface area contributed by atoms with Gasteiger partial charge in [0, 0.05) is 20.1 Å². The maximum Gasteiger partial charge on any atom is 0.237 e. The van der Waals surface area contributed by atoms with Crippen LogP contribution in [0.4, 0.5) is 0 Å². The number of nitrogens with one attached hydrogen (secondary N) is 1. The van der Waals surface area contributed by atoms with Gasteiger partial charge in [0.2, 0.25) is 11.8 Å². The minimum Gasteiger partial charge on any atom is -0.355 e. The third-order valence-electron chi connectivity index (χ3n) is 3.78. The van der Waals surface area contributed by atoms with Crippen LogP contribution in [0.3, 0.4) is 0 Å². The quantitative estimate of drug-likeness (QED) is 0.593. The van der Waals surface area contributed by atoms with Gasteiger partial charge in [0.25, 0.3) is 0 Å². The molecular formula is C18H28N2O2. The average Bonchev–Trinajstić information content (AvgIpc) is 2.51. The average molecular weight is 304 g/mol. The van der Waals surface area contributed by atoms with Crippen molar-refractivity contribution >= 4 is 11.8 Å². The van der Waals surface area contributed by atoms with Crippen LogP contribution in [0.5, 0.6) is 0 Å². The molecule has 0 aromatic heterocycles. The van der Waals surface area contributed by atoms with E-state index in [4.69, 9.17) is 0 Å². The van der Waals surface area contributed by atoms with Gasteiger partial charge in [-0.2, -0.15) is 0 Å². The number of carbonyl (C=O) groups is 2. The minimum absolute atomic E-state index is 0.163. The van der Waals surface area contributed by atoms with E-state index in [1.54, 1.807) is 25.8 Å². The third-order valence-corrected chi connectivity index (χ3v) is 3.78. The Morgan fingerprint density at radius 1 is 1.14 bits per heavy atom. The topological polar surface area (TPSA) is 49.4 Å². The summed E-state index contributed by atoms with van der Waals surface area (Å²) in [5.74, 6) is -0.363. The Bertz CT molecular complexity index is 483. The highest BCUT2D eigenvalue weighted by Crippen LogP contribution is 2.20. The first-order chi connectivity index (χ1) is 10.4. The number of hydrogen-bond acceptors (Lipinski definition) is 2. The van der Waals surface area contributed by atoms with Crippen LogP contribution >= 0.6 is 0 Å². The lowest BCUT2D eigenvalue weighted by atomic mass is 9.90. The normalized spacial score (nSPS) is 11.1. The Kier molecular flexibility index (Phi) is 7.09. The summed E-state index contributed by atoms with van der Waals surface area (Å²) in [4.78, 5) is 26.4. The van der Waals surface area contributed by atoms with Gasteiger partial charge in [-0.3, -0.25) is 9.59 Å². The zero-order valence-electron chi connectivity index (χ0n) is 14.2. The molecule has 22 heavy (non-hydrogen) atoms. The number of rotatable bonds is 8. The van der Waals surface area contributed by atoms with Gasteiger partial charge in [-0.05, 0) is 25.8 Å². The van der Waals surface area contributed by atoms with E-state index < -0.39 is 5.41 Å². The lowest BCUT2D eigenvalue weighted by Crippen LogP contribution is -2.48. The van der Waals surface area contributed by atoms with Crippen LogP contribution in [0.2, 0.25) is 0 Å². The molecule has 0 aliphatic carbocycles. The Labute approximate surface area is 133 Å². The van der Waals surface area contributed by atoms with Gasteiger partial charge in [0.1, 0.15) is 5.41 Å². The first-order valence-electron chi connectivity index (χ1n) is 7.97. The molecule has 2 amide bonds. The number of unbranched alkanes of at least 4 members (excludes halogenated alkanes) is 2. The van der Waals surface area contributed by atoms with Gasteiger partial charge < -0.3 is 10.2 Å². The highest BCUT2D eigenvalue weighted by atomic mass is 16.2. The van der Waals surface area contributed by atoms with Crippen LogP contribution in [0, 0.1) is 5.41 Å². The van der Waals surface area contributed by atoms with Crippen molar-refractivity contribution in [3.8, 4) is 0 Å². The van der Waals surface area contributed by atoms with Gasteiger partial charge in [-0.15, -0.1) is 0 Å². The number of hydrogen-bond donors (Lipinski definition) is 1. The minimum atomic E-state index is -1.05. The highest BCUT2D eigenvalue weighted by Gasteiger charge is 2.37. The zero-order valence-corrected chi connectivity index (χ0v) is 14.2. The first-order valence-corrected chi connectivity index (χ1v) is 7.97. The molecule has 4 nitrogen and oxygen atoms in total. The largest absolute Gasteiger partial charge is 0.355 e. The standard InChI is InChI=1S/C18H28N2O2/c1-5-6-10-13-19-16(21)18(2,3)17(22)20(4)14-15-11-8-7-9-12-15/h7-9,11-12H,5-6,10,13-14H2,1-4H3,(H,19,21).